The Kier molecular flexibility index (Phi) is 3.99. The van der Waals surface area contributed by atoms with Crippen molar-refractivity contribution in [3.63, 3.8) is 0 Å². The molecule has 104 valence electrons. The Morgan fingerprint density at radius 1 is 1.05 bits per heavy atom. The molecule has 0 aliphatic heterocycles. The first-order chi connectivity index (χ1) is 10.2. The third kappa shape index (κ3) is 3.29. The van der Waals surface area contributed by atoms with E-state index in [0.717, 1.165) is 10.6 Å². The Morgan fingerprint density at radius 2 is 1.76 bits per heavy atom. The van der Waals surface area contributed by atoms with Crippen molar-refractivity contribution in [2.45, 2.75) is 0 Å². The number of aromatic nitrogens is 1. The van der Waals surface area contributed by atoms with Crippen LogP contribution in [-0.2, 0) is 0 Å². The summed E-state index contributed by atoms with van der Waals surface area (Å²) in [5.41, 5.74) is 1.71. The molecule has 0 unspecified atom stereocenters. The first kappa shape index (κ1) is 13.8. The Bertz CT molecular complexity index is 753. The maximum atomic E-state index is 12.2. The third-order valence-electron chi connectivity index (χ3n) is 2.85. The third-order valence-corrected chi connectivity index (χ3v) is 4.15. The van der Waals surface area contributed by atoms with Crippen LogP contribution in [-0.4, -0.2) is 10.9 Å². The molecule has 0 saturated carbocycles. The number of hydrogen-bond acceptors (Lipinski definition) is 3. The van der Waals surface area contributed by atoms with E-state index >= 15 is 0 Å². The predicted octanol–water partition coefficient (Wildman–Crippen LogP) is 4.72. The van der Waals surface area contributed by atoms with Crippen molar-refractivity contribution >= 4 is 34.5 Å². The Morgan fingerprint density at radius 3 is 2.48 bits per heavy atom. The van der Waals surface area contributed by atoms with Crippen molar-refractivity contribution in [2.24, 2.45) is 0 Å². The highest BCUT2D eigenvalue weighted by Gasteiger charge is 2.11. The van der Waals surface area contributed by atoms with Gasteiger partial charge in [0.2, 0.25) is 0 Å². The van der Waals surface area contributed by atoms with Gasteiger partial charge in [0.15, 0.2) is 0 Å². The van der Waals surface area contributed by atoms with E-state index in [-0.39, 0.29) is 5.91 Å². The van der Waals surface area contributed by atoms with Gasteiger partial charge in [-0.05, 0) is 24.3 Å². The monoisotopic (exact) mass is 314 g/mol. The molecule has 3 nitrogen and oxygen atoms in total. The van der Waals surface area contributed by atoms with Gasteiger partial charge in [0.25, 0.3) is 5.91 Å². The first-order valence-electron chi connectivity index (χ1n) is 6.30. The summed E-state index contributed by atoms with van der Waals surface area (Å²) in [6.45, 7) is 0. The van der Waals surface area contributed by atoms with Crippen LogP contribution >= 0.6 is 22.9 Å². The molecule has 0 aliphatic rings. The van der Waals surface area contributed by atoms with Crippen LogP contribution in [0.2, 0.25) is 5.02 Å². The molecule has 0 radical (unpaired) electrons. The minimum atomic E-state index is -0.169. The second-order valence-corrected chi connectivity index (χ2v) is 5.82. The summed E-state index contributed by atoms with van der Waals surface area (Å²) < 4.78 is 0. The van der Waals surface area contributed by atoms with Crippen LogP contribution in [0.4, 0.5) is 5.69 Å². The fourth-order valence-corrected chi connectivity index (χ4v) is 2.76. The zero-order valence-corrected chi connectivity index (χ0v) is 12.5. The largest absolute Gasteiger partial charge is 0.321 e. The number of nitrogens with zero attached hydrogens (tertiary/aromatic N) is 1. The van der Waals surface area contributed by atoms with Gasteiger partial charge in [-0.2, -0.15) is 0 Å². The van der Waals surface area contributed by atoms with Crippen molar-refractivity contribution in [1.29, 1.82) is 0 Å². The Hall–Kier alpha value is -2.17. The lowest BCUT2D eigenvalue weighted by Crippen LogP contribution is -2.09. The fraction of sp³-hybridized carbons (Fsp3) is 0. The van der Waals surface area contributed by atoms with Crippen molar-refractivity contribution < 1.29 is 4.79 Å². The molecule has 3 rings (SSSR count). The van der Waals surface area contributed by atoms with Crippen LogP contribution in [0.3, 0.4) is 0 Å². The van der Waals surface area contributed by atoms with E-state index in [1.807, 2.05) is 30.3 Å². The summed E-state index contributed by atoms with van der Waals surface area (Å²) in [7, 11) is 0. The van der Waals surface area contributed by atoms with Gasteiger partial charge in [-0.15, -0.1) is 11.3 Å². The van der Waals surface area contributed by atoms with Gasteiger partial charge in [-0.1, -0.05) is 41.9 Å². The van der Waals surface area contributed by atoms with Gasteiger partial charge in [0, 0.05) is 16.3 Å². The molecule has 2 aromatic carbocycles. The van der Waals surface area contributed by atoms with Crippen LogP contribution in [0.15, 0.2) is 60.8 Å². The quantitative estimate of drug-likeness (QED) is 0.760. The average molecular weight is 315 g/mol. The summed E-state index contributed by atoms with van der Waals surface area (Å²) >= 11 is 7.18. The lowest BCUT2D eigenvalue weighted by Gasteiger charge is -2.02. The highest BCUT2D eigenvalue weighted by Crippen LogP contribution is 2.25. The summed E-state index contributed by atoms with van der Waals surface area (Å²) in [6, 6.07) is 16.8. The summed E-state index contributed by atoms with van der Waals surface area (Å²) in [4.78, 5) is 17.0. The van der Waals surface area contributed by atoms with Crippen LogP contribution in [0.25, 0.3) is 10.6 Å². The van der Waals surface area contributed by atoms with Gasteiger partial charge >= 0.3 is 0 Å². The number of rotatable bonds is 3. The van der Waals surface area contributed by atoms with Gasteiger partial charge in [0.05, 0.1) is 6.20 Å². The van der Waals surface area contributed by atoms with Gasteiger partial charge in [-0.3, -0.25) is 4.79 Å². The SMILES string of the molecule is O=C(Nc1ccc(Cl)cc1)c1cnc(-c2ccccc2)s1. The molecule has 1 N–H and O–H groups in total. The van der Waals surface area contributed by atoms with Gasteiger partial charge in [-0.25, -0.2) is 4.98 Å². The number of halogens is 1. The highest BCUT2D eigenvalue weighted by molar-refractivity contribution is 7.17. The lowest BCUT2D eigenvalue weighted by atomic mass is 10.2. The molecule has 0 spiro atoms. The number of thiazole rings is 1. The normalized spacial score (nSPS) is 10.3. The van der Waals surface area contributed by atoms with E-state index in [0.29, 0.717) is 15.6 Å². The standard InChI is InChI=1S/C16H11ClN2OS/c17-12-6-8-13(9-7-12)19-15(20)14-10-18-16(21-14)11-4-2-1-3-5-11/h1-10H,(H,19,20). The van der Waals surface area contributed by atoms with E-state index < -0.39 is 0 Å². The van der Waals surface area contributed by atoms with Crippen molar-refractivity contribution in [3.8, 4) is 10.6 Å². The molecule has 0 atom stereocenters. The fourth-order valence-electron chi connectivity index (χ4n) is 1.82. The van der Waals surface area contributed by atoms with E-state index in [1.165, 1.54) is 11.3 Å². The molecule has 3 aromatic rings. The number of amides is 1. The molecule has 0 bridgehead atoms. The zero-order valence-electron chi connectivity index (χ0n) is 10.9. The van der Waals surface area contributed by atoms with E-state index in [2.05, 4.69) is 10.3 Å². The first-order valence-corrected chi connectivity index (χ1v) is 7.50. The lowest BCUT2D eigenvalue weighted by molar-refractivity contribution is 0.103. The van der Waals surface area contributed by atoms with Crippen LogP contribution in [0.5, 0.6) is 0 Å². The van der Waals surface area contributed by atoms with Gasteiger partial charge < -0.3 is 5.32 Å². The summed E-state index contributed by atoms with van der Waals surface area (Å²) in [6.07, 6.45) is 1.60. The zero-order chi connectivity index (χ0) is 14.7. The number of anilines is 1. The number of benzene rings is 2. The van der Waals surface area contributed by atoms with E-state index in [4.69, 9.17) is 11.6 Å². The molecule has 1 amide bonds. The molecule has 0 aliphatic carbocycles. The number of carbonyl (C=O) groups is 1. The molecule has 21 heavy (non-hydrogen) atoms. The predicted molar refractivity (Wildman–Crippen MR) is 87.0 cm³/mol. The molecule has 1 heterocycles. The summed E-state index contributed by atoms with van der Waals surface area (Å²) in [5, 5.41) is 4.29. The number of nitrogens with one attached hydrogen (secondary N) is 1. The van der Waals surface area contributed by atoms with E-state index in [9.17, 15) is 4.79 Å². The maximum absolute atomic E-state index is 12.2. The number of carbonyl (C=O) groups excluding carboxylic acids is 1. The molecule has 5 heteroatoms. The molecular formula is C16H11ClN2OS. The maximum Gasteiger partial charge on any atom is 0.267 e. The number of hydrogen-bond donors (Lipinski definition) is 1. The minimum Gasteiger partial charge on any atom is -0.321 e. The minimum absolute atomic E-state index is 0.169. The summed E-state index contributed by atoms with van der Waals surface area (Å²) in [5.74, 6) is -0.169. The second kappa shape index (κ2) is 6.08. The van der Waals surface area contributed by atoms with Crippen molar-refractivity contribution in [2.75, 3.05) is 5.32 Å². The molecule has 0 fully saturated rings. The Labute approximate surface area is 131 Å². The average Bonchev–Trinajstić information content (AvgIpc) is 3.00. The topological polar surface area (TPSA) is 42.0 Å². The van der Waals surface area contributed by atoms with Crippen LogP contribution in [0.1, 0.15) is 9.67 Å². The van der Waals surface area contributed by atoms with Crippen LogP contribution in [0, 0.1) is 0 Å². The highest BCUT2D eigenvalue weighted by atomic mass is 35.5. The molecule has 1 aromatic heterocycles. The second-order valence-electron chi connectivity index (χ2n) is 4.36. The van der Waals surface area contributed by atoms with Crippen molar-refractivity contribution in [3.05, 3.63) is 70.7 Å². The molecule has 0 saturated heterocycles. The van der Waals surface area contributed by atoms with Gasteiger partial charge in [0.1, 0.15) is 9.88 Å². The van der Waals surface area contributed by atoms with Crippen LogP contribution < -0.4 is 5.32 Å². The van der Waals surface area contributed by atoms with Crippen molar-refractivity contribution in [1.82, 2.24) is 4.98 Å². The molecular weight excluding hydrogens is 304 g/mol. The smallest absolute Gasteiger partial charge is 0.267 e. The Balaban J connectivity index is 1.77. The van der Waals surface area contributed by atoms with E-state index in [1.54, 1.807) is 30.5 Å².